The van der Waals surface area contributed by atoms with Crippen molar-refractivity contribution in [2.24, 2.45) is 5.92 Å². The maximum atomic E-state index is 12.2. The van der Waals surface area contributed by atoms with E-state index in [-0.39, 0.29) is 17.7 Å². The van der Waals surface area contributed by atoms with Crippen LogP contribution in [0.15, 0.2) is 30.6 Å². The normalized spacial score (nSPS) is 19.1. The number of anilines is 1. The number of hydrazine groups is 1. The van der Waals surface area contributed by atoms with Gasteiger partial charge in [-0.2, -0.15) is 0 Å². The van der Waals surface area contributed by atoms with Crippen LogP contribution in [-0.4, -0.2) is 23.0 Å². The van der Waals surface area contributed by atoms with Gasteiger partial charge in [-0.3, -0.25) is 15.6 Å². The number of carbonyl (C=O) groups excluding carboxylic acids is 1. The number of amides is 1. The molecule has 1 aliphatic carbocycles. The highest BCUT2D eigenvalue weighted by Gasteiger charge is 2.45. The molecule has 1 heterocycles. The summed E-state index contributed by atoms with van der Waals surface area (Å²) >= 11 is 12.1. The highest BCUT2D eigenvalue weighted by Crippen LogP contribution is 2.50. The fraction of sp³-hybridized carbons (Fsp3) is 0.267. The molecule has 23 heavy (non-hydrogen) atoms. The quantitative estimate of drug-likeness (QED) is 0.808. The van der Waals surface area contributed by atoms with Crippen LogP contribution in [-0.2, 0) is 4.79 Å². The molecule has 0 saturated heterocycles. The summed E-state index contributed by atoms with van der Waals surface area (Å²) in [4.78, 5) is 20.3. The molecule has 2 unspecified atom stereocenters. The van der Waals surface area contributed by atoms with Gasteiger partial charge >= 0.3 is 0 Å². The predicted molar refractivity (Wildman–Crippen MR) is 87.7 cm³/mol. The van der Waals surface area contributed by atoms with Crippen molar-refractivity contribution in [2.75, 3.05) is 12.5 Å². The summed E-state index contributed by atoms with van der Waals surface area (Å²) in [5.41, 5.74) is 6.29. The standard InChI is InChI=1S/C15H14Cl2N4O2/c1-23-15-13(18-4-5-19-15)20-21-14(22)11-7-10(11)9-3-2-8(16)6-12(9)17/h2-6,10-11H,7H2,1H3,(H,18,20)(H,21,22). The van der Waals surface area contributed by atoms with E-state index < -0.39 is 0 Å². The lowest BCUT2D eigenvalue weighted by Crippen LogP contribution is -2.31. The Bertz CT molecular complexity index is 741. The van der Waals surface area contributed by atoms with E-state index in [9.17, 15) is 4.79 Å². The number of methoxy groups -OCH3 is 1. The number of hydrogen-bond donors (Lipinski definition) is 2. The topological polar surface area (TPSA) is 76.1 Å². The van der Waals surface area contributed by atoms with Gasteiger partial charge in [0.1, 0.15) is 0 Å². The first-order valence-electron chi connectivity index (χ1n) is 6.96. The van der Waals surface area contributed by atoms with Crippen LogP contribution < -0.4 is 15.6 Å². The van der Waals surface area contributed by atoms with Crippen molar-refractivity contribution in [3.8, 4) is 5.88 Å². The van der Waals surface area contributed by atoms with Gasteiger partial charge in [-0.1, -0.05) is 29.3 Å². The second-order valence-corrected chi connectivity index (χ2v) is 5.99. The minimum atomic E-state index is -0.135. The fourth-order valence-electron chi connectivity index (χ4n) is 2.40. The molecule has 1 aliphatic rings. The highest BCUT2D eigenvalue weighted by molar-refractivity contribution is 6.35. The Balaban J connectivity index is 1.60. The van der Waals surface area contributed by atoms with Gasteiger partial charge < -0.3 is 4.74 Å². The number of benzene rings is 1. The highest BCUT2D eigenvalue weighted by atomic mass is 35.5. The number of halogens is 2. The lowest BCUT2D eigenvalue weighted by Gasteiger charge is -2.10. The summed E-state index contributed by atoms with van der Waals surface area (Å²) in [6.45, 7) is 0. The summed E-state index contributed by atoms with van der Waals surface area (Å²) in [6.07, 6.45) is 3.75. The van der Waals surface area contributed by atoms with Crippen molar-refractivity contribution in [1.82, 2.24) is 15.4 Å². The molecule has 0 spiro atoms. The maximum absolute atomic E-state index is 12.2. The molecule has 8 heteroatoms. The van der Waals surface area contributed by atoms with E-state index in [1.54, 1.807) is 12.1 Å². The van der Waals surface area contributed by atoms with Crippen LogP contribution in [0.2, 0.25) is 10.0 Å². The molecule has 2 aromatic rings. The van der Waals surface area contributed by atoms with Gasteiger partial charge in [0.05, 0.1) is 7.11 Å². The van der Waals surface area contributed by atoms with E-state index in [1.165, 1.54) is 19.5 Å². The first-order chi connectivity index (χ1) is 11.1. The Kier molecular flexibility index (Phi) is 4.54. The average molecular weight is 353 g/mol. The van der Waals surface area contributed by atoms with Gasteiger partial charge in [0.15, 0.2) is 0 Å². The van der Waals surface area contributed by atoms with Crippen molar-refractivity contribution in [3.63, 3.8) is 0 Å². The zero-order valence-electron chi connectivity index (χ0n) is 12.2. The number of nitrogens with zero attached hydrogens (tertiary/aromatic N) is 2. The average Bonchev–Trinajstić information content (AvgIpc) is 3.33. The second-order valence-electron chi connectivity index (χ2n) is 5.14. The molecule has 1 fully saturated rings. The van der Waals surface area contributed by atoms with Crippen LogP contribution in [0, 0.1) is 5.92 Å². The molecule has 1 aromatic heterocycles. The predicted octanol–water partition coefficient (Wildman–Crippen LogP) is 3.04. The smallest absolute Gasteiger partial charge is 0.258 e. The molecule has 2 N–H and O–H groups in total. The first kappa shape index (κ1) is 15.8. The van der Waals surface area contributed by atoms with Gasteiger partial charge in [0, 0.05) is 28.4 Å². The van der Waals surface area contributed by atoms with E-state index in [4.69, 9.17) is 27.9 Å². The van der Waals surface area contributed by atoms with Gasteiger partial charge in [-0.05, 0) is 30.0 Å². The summed E-state index contributed by atoms with van der Waals surface area (Å²) in [6, 6.07) is 5.33. The summed E-state index contributed by atoms with van der Waals surface area (Å²) in [5.74, 6) is 0.494. The number of aromatic nitrogens is 2. The van der Waals surface area contributed by atoms with Crippen molar-refractivity contribution in [3.05, 3.63) is 46.2 Å². The Morgan fingerprint density at radius 3 is 2.83 bits per heavy atom. The first-order valence-corrected chi connectivity index (χ1v) is 7.71. The molecule has 120 valence electrons. The molecular formula is C15H14Cl2N4O2. The van der Waals surface area contributed by atoms with Gasteiger partial charge in [-0.25, -0.2) is 9.97 Å². The number of ether oxygens (including phenoxy) is 1. The van der Waals surface area contributed by atoms with Crippen molar-refractivity contribution in [1.29, 1.82) is 0 Å². The summed E-state index contributed by atoms with van der Waals surface area (Å²) in [5, 5.41) is 1.16. The van der Waals surface area contributed by atoms with Gasteiger partial charge in [0.25, 0.3) is 5.88 Å². The van der Waals surface area contributed by atoms with E-state index in [0.29, 0.717) is 21.7 Å². The molecule has 6 nitrogen and oxygen atoms in total. The third-order valence-corrected chi connectivity index (χ3v) is 4.21. The minimum Gasteiger partial charge on any atom is -0.478 e. The number of carbonyl (C=O) groups is 1. The van der Waals surface area contributed by atoms with Crippen LogP contribution in [0.4, 0.5) is 5.82 Å². The zero-order valence-corrected chi connectivity index (χ0v) is 13.7. The van der Waals surface area contributed by atoms with Crippen LogP contribution in [0.3, 0.4) is 0 Å². The number of hydrogen-bond acceptors (Lipinski definition) is 5. The lowest BCUT2D eigenvalue weighted by molar-refractivity contribution is -0.121. The largest absolute Gasteiger partial charge is 0.478 e. The summed E-state index contributed by atoms with van der Waals surface area (Å²) in [7, 11) is 1.48. The third-order valence-electron chi connectivity index (χ3n) is 3.65. The van der Waals surface area contributed by atoms with Crippen molar-refractivity contribution in [2.45, 2.75) is 12.3 Å². The van der Waals surface area contributed by atoms with Gasteiger partial charge in [0.2, 0.25) is 11.7 Å². The summed E-state index contributed by atoms with van der Waals surface area (Å²) < 4.78 is 5.05. The zero-order chi connectivity index (χ0) is 16.4. The van der Waals surface area contributed by atoms with Crippen molar-refractivity contribution < 1.29 is 9.53 Å². The Labute approximate surface area is 143 Å². The molecule has 3 rings (SSSR count). The van der Waals surface area contributed by atoms with Crippen LogP contribution >= 0.6 is 23.2 Å². The molecule has 0 bridgehead atoms. The molecule has 1 saturated carbocycles. The monoisotopic (exact) mass is 352 g/mol. The van der Waals surface area contributed by atoms with E-state index in [0.717, 1.165) is 12.0 Å². The third kappa shape index (κ3) is 3.48. The Morgan fingerprint density at radius 2 is 2.09 bits per heavy atom. The molecule has 0 aliphatic heterocycles. The number of nitrogens with one attached hydrogen (secondary N) is 2. The maximum Gasteiger partial charge on any atom is 0.258 e. The SMILES string of the molecule is COc1nccnc1NNC(=O)C1CC1c1ccc(Cl)cc1Cl. The number of rotatable bonds is 5. The Hall–Kier alpha value is -2.05. The van der Waals surface area contributed by atoms with E-state index in [1.807, 2.05) is 6.07 Å². The van der Waals surface area contributed by atoms with E-state index >= 15 is 0 Å². The second kappa shape index (κ2) is 6.60. The molecule has 1 aromatic carbocycles. The lowest BCUT2D eigenvalue weighted by atomic mass is 10.1. The fourth-order valence-corrected chi connectivity index (χ4v) is 2.95. The van der Waals surface area contributed by atoms with Gasteiger partial charge in [-0.15, -0.1) is 0 Å². The molecule has 0 radical (unpaired) electrons. The van der Waals surface area contributed by atoms with Crippen molar-refractivity contribution >= 4 is 34.9 Å². The van der Waals surface area contributed by atoms with Crippen LogP contribution in [0.25, 0.3) is 0 Å². The van der Waals surface area contributed by atoms with Crippen LogP contribution in [0.5, 0.6) is 5.88 Å². The molecular weight excluding hydrogens is 339 g/mol. The van der Waals surface area contributed by atoms with E-state index in [2.05, 4.69) is 20.8 Å². The Morgan fingerprint density at radius 1 is 1.30 bits per heavy atom. The minimum absolute atomic E-state index is 0.102. The molecule has 1 amide bonds. The molecule has 2 atom stereocenters. The van der Waals surface area contributed by atoms with Crippen LogP contribution in [0.1, 0.15) is 17.9 Å².